The van der Waals surface area contributed by atoms with Gasteiger partial charge in [-0.2, -0.15) is 31.4 Å². The maximum absolute atomic E-state index is 13.4. The number of hydroxylamine groups is 2. The number of halogens is 6. The molecule has 186 valence electrons. The number of hydrogen-bond acceptors (Lipinski definition) is 4. The number of nitrogens with zero attached hydrogens (tertiary/aromatic N) is 2. The van der Waals surface area contributed by atoms with Gasteiger partial charge in [0, 0.05) is 0 Å². The van der Waals surface area contributed by atoms with Crippen molar-refractivity contribution in [1.29, 1.82) is 0 Å². The molecule has 5 rings (SSSR count). The summed E-state index contributed by atoms with van der Waals surface area (Å²) in [4.78, 5) is 32.1. The number of rotatable bonds is 3. The molecule has 3 atom stereocenters. The zero-order valence-electron chi connectivity index (χ0n) is 18.0. The van der Waals surface area contributed by atoms with E-state index in [1.54, 1.807) is 30.3 Å². The molecule has 2 aromatic rings. The van der Waals surface area contributed by atoms with Crippen LogP contribution in [0.3, 0.4) is 0 Å². The number of benzene rings is 2. The van der Waals surface area contributed by atoms with Gasteiger partial charge in [0.1, 0.15) is 6.10 Å². The van der Waals surface area contributed by atoms with Crippen molar-refractivity contribution in [2.45, 2.75) is 37.1 Å². The molecule has 2 amide bonds. The highest BCUT2D eigenvalue weighted by molar-refractivity contribution is 5.80. The van der Waals surface area contributed by atoms with E-state index in [2.05, 4.69) is 0 Å². The molecule has 0 unspecified atom stereocenters. The third-order valence-electron chi connectivity index (χ3n) is 5.63. The lowest BCUT2D eigenvalue weighted by molar-refractivity contribution is -0.272. The number of carbonyl (C=O) groups excluding carboxylic acids is 2. The maximum Gasteiger partial charge on any atom is 0.416 e. The fraction of sp³-hybridized carbons (Fsp3) is 0.304. The fourth-order valence-corrected chi connectivity index (χ4v) is 4.09. The minimum Gasteiger partial charge on any atom is -0.453 e. The zero-order chi connectivity index (χ0) is 25.5. The van der Waals surface area contributed by atoms with Crippen LogP contribution in [0.1, 0.15) is 28.3 Å². The Bertz CT molecular complexity index is 1120. The molecule has 0 spiro atoms. The Hall–Kier alpha value is -3.54. The number of alkyl halides is 6. The van der Waals surface area contributed by atoms with Crippen LogP contribution in [0.15, 0.2) is 60.7 Å². The summed E-state index contributed by atoms with van der Waals surface area (Å²) in [6.07, 6.45) is -11.0. The number of fused-ring (bicyclic) bond motifs is 2. The summed E-state index contributed by atoms with van der Waals surface area (Å²) in [6, 6.07) is 8.22. The minimum absolute atomic E-state index is 0.000545. The Morgan fingerprint density at radius 2 is 1.54 bits per heavy atom. The summed E-state index contributed by atoms with van der Waals surface area (Å²) in [5.74, 6) is -0.567. The van der Waals surface area contributed by atoms with Crippen molar-refractivity contribution in [1.82, 2.24) is 9.96 Å². The summed E-state index contributed by atoms with van der Waals surface area (Å²) < 4.78 is 85.3. The average Bonchev–Trinajstić information content (AvgIpc) is 2.82. The number of ether oxygens (including phenoxy) is 1. The first-order chi connectivity index (χ1) is 16.4. The predicted octanol–water partition coefficient (Wildman–Crippen LogP) is 5.11. The highest BCUT2D eigenvalue weighted by atomic mass is 19.4. The van der Waals surface area contributed by atoms with Gasteiger partial charge in [0.2, 0.25) is 0 Å². The largest absolute Gasteiger partial charge is 0.453 e. The number of carbonyl (C=O) groups is 2. The average molecular weight is 500 g/mol. The van der Waals surface area contributed by atoms with E-state index < -0.39 is 59.4 Å². The molecule has 3 aliphatic heterocycles. The first-order valence-electron chi connectivity index (χ1n) is 10.3. The van der Waals surface area contributed by atoms with Crippen LogP contribution in [0.4, 0.5) is 31.1 Å². The molecule has 0 aliphatic carbocycles. The molecule has 0 aromatic heterocycles. The standard InChI is InChI=1S/C23H18F6N2O4/c1-34-21(33)30-18-8-7-17(35-31(18)19(32)9-13-5-3-2-4-6-13)20(30)14-10-15(22(24,25)26)12-16(11-14)23(27,28)29/h2-8,10-12,17-18,20H,9H2,1H3/t17-,18+,20+/m0/s1. The second-order valence-electron chi connectivity index (χ2n) is 7.91. The lowest BCUT2D eigenvalue weighted by Crippen LogP contribution is -2.64. The van der Waals surface area contributed by atoms with Gasteiger partial charge in [-0.3, -0.25) is 14.5 Å². The Kier molecular flexibility index (Phi) is 6.26. The van der Waals surface area contributed by atoms with Gasteiger partial charge in [0.25, 0.3) is 5.91 Å². The van der Waals surface area contributed by atoms with Crippen LogP contribution < -0.4 is 0 Å². The van der Waals surface area contributed by atoms with Crippen molar-refractivity contribution in [3.8, 4) is 0 Å². The van der Waals surface area contributed by atoms with Crippen molar-refractivity contribution < 1.29 is 45.5 Å². The summed E-state index contributed by atoms with van der Waals surface area (Å²) in [6.45, 7) is 0. The van der Waals surface area contributed by atoms with Crippen molar-refractivity contribution in [3.05, 3.63) is 82.9 Å². The molecule has 0 saturated carbocycles. The predicted molar refractivity (Wildman–Crippen MR) is 108 cm³/mol. The SMILES string of the molecule is COC(=O)N1[C@H](c2cc(C(F)(F)F)cc(C(F)(F)F)c2)[C@@H]2C=C[C@H]1N(C(=O)Cc1ccccc1)O2. The Labute approximate surface area is 195 Å². The summed E-state index contributed by atoms with van der Waals surface area (Å²) >= 11 is 0. The van der Waals surface area contributed by atoms with Crippen LogP contribution in [-0.4, -0.2) is 41.3 Å². The van der Waals surface area contributed by atoms with E-state index >= 15 is 0 Å². The molecule has 35 heavy (non-hydrogen) atoms. The van der Waals surface area contributed by atoms with Crippen molar-refractivity contribution in [2.75, 3.05) is 7.11 Å². The smallest absolute Gasteiger partial charge is 0.416 e. The summed E-state index contributed by atoms with van der Waals surface area (Å²) in [7, 11) is 1.01. The first kappa shape index (κ1) is 24.6. The van der Waals surface area contributed by atoms with Crippen molar-refractivity contribution >= 4 is 12.0 Å². The third kappa shape index (κ3) is 4.83. The van der Waals surface area contributed by atoms with Gasteiger partial charge in [0.15, 0.2) is 6.17 Å². The van der Waals surface area contributed by atoms with Crippen LogP contribution in [-0.2, 0) is 33.1 Å². The van der Waals surface area contributed by atoms with Gasteiger partial charge in [-0.15, -0.1) is 0 Å². The summed E-state index contributed by atoms with van der Waals surface area (Å²) in [5.41, 5.74) is -2.89. The maximum atomic E-state index is 13.4. The molecule has 1 saturated heterocycles. The zero-order valence-corrected chi connectivity index (χ0v) is 18.0. The van der Waals surface area contributed by atoms with Gasteiger partial charge in [-0.25, -0.2) is 4.79 Å². The van der Waals surface area contributed by atoms with E-state index in [-0.39, 0.29) is 12.5 Å². The second kappa shape index (κ2) is 8.91. The number of amides is 2. The minimum atomic E-state index is -5.08. The van der Waals surface area contributed by atoms with Crippen LogP contribution in [0.2, 0.25) is 0 Å². The van der Waals surface area contributed by atoms with Gasteiger partial charge in [0.05, 0.1) is 30.7 Å². The van der Waals surface area contributed by atoms with Gasteiger partial charge in [-0.1, -0.05) is 36.4 Å². The second-order valence-corrected chi connectivity index (χ2v) is 7.91. The Morgan fingerprint density at radius 3 is 2.09 bits per heavy atom. The molecule has 12 heteroatoms. The highest BCUT2D eigenvalue weighted by Gasteiger charge is 2.50. The Balaban J connectivity index is 1.74. The van der Waals surface area contributed by atoms with E-state index in [9.17, 15) is 35.9 Å². The topological polar surface area (TPSA) is 59.1 Å². The highest BCUT2D eigenvalue weighted by Crippen LogP contribution is 2.44. The first-order valence-corrected chi connectivity index (χ1v) is 10.3. The van der Waals surface area contributed by atoms with E-state index in [0.29, 0.717) is 17.7 Å². The van der Waals surface area contributed by atoms with Crippen molar-refractivity contribution in [2.24, 2.45) is 0 Å². The number of methoxy groups -OCH3 is 1. The van der Waals surface area contributed by atoms with Crippen LogP contribution in [0, 0.1) is 0 Å². The van der Waals surface area contributed by atoms with E-state index in [4.69, 9.17) is 9.57 Å². The van der Waals surface area contributed by atoms with E-state index in [0.717, 1.165) is 17.1 Å². The molecular weight excluding hydrogens is 482 g/mol. The quantitative estimate of drug-likeness (QED) is 0.434. The molecule has 1 fully saturated rings. The Morgan fingerprint density at radius 1 is 0.943 bits per heavy atom. The molecule has 6 nitrogen and oxygen atoms in total. The molecular formula is C23H18F6N2O4. The van der Waals surface area contributed by atoms with E-state index in [1.807, 2.05) is 0 Å². The van der Waals surface area contributed by atoms with Gasteiger partial charge in [-0.05, 0) is 35.4 Å². The number of hydrogen-bond donors (Lipinski definition) is 0. The van der Waals surface area contributed by atoms with Crippen LogP contribution in [0.25, 0.3) is 0 Å². The normalized spacial score (nSPS) is 21.9. The van der Waals surface area contributed by atoms with Crippen LogP contribution >= 0.6 is 0 Å². The molecule has 3 heterocycles. The fourth-order valence-electron chi connectivity index (χ4n) is 4.09. The van der Waals surface area contributed by atoms with Crippen molar-refractivity contribution in [3.63, 3.8) is 0 Å². The third-order valence-corrected chi connectivity index (χ3v) is 5.63. The molecule has 3 aliphatic rings. The van der Waals surface area contributed by atoms with Crippen LogP contribution in [0.5, 0.6) is 0 Å². The lowest BCUT2D eigenvalue weighted by atomic mass is 9.91. The van der Waals surface area contributed by atoms with E-state index in [1.165, 1.54) is 12.2 Å². The molecule has 0 N–H and O–H groups in total. The molecule has 0 radical (unpaired) electrons. The molecule has 2 aromatic carbocycles. The van der Waals surface area contributed by atoms with Gasteiger partial charge < -0.3 is 4.74 Å². The molecule has 2 bridgehead atoms. The lowest BCUT2D eigenvalue weighted by Gasteiger charge is -2.51. The monoisotopic (exact) mass is 500 g/mol. The van der Waals surface area contributed by atoms with Gasteiger partial charge >= 0.3 is 18.4 Å². The summed E-state index contributed by atoms with van der Waals surface area (Å²) in [5, 5.41) is 0.878.